The van der Waals surface area contributed by atoms with Crippen LogP contribution < -0.4 is 10.7 Å². The Morgan fingerprint density at radius 2 is 1.91 bits per heavy atom. The standard InChI is InChI=1S/C15H12Br2ClN3O/c16-11-3-6-14(13(17)7-11)19-9-15(22)21-20-8-10-1-4-12(18)5-2-10/h1-8,19H,9H2,(H,21,22). The first-order valence-electron chi connectivity index (χ1n) is 6.31. The molecule has 0 heterocycles. The molecule has 0 atom stereocenters. The third-order valence-electron chi connectivity index (χ3n) is 2.64. The number of carbonyl (C=O) groups is 1. The molecule has 2 aromatic rings. The van der Waals surface area contributed by atoms with E-state index in [1.807, 2.05) is 30.3 Å². The zero-order valence-electron chi connectivity index (χ0n) is 11.3. The largest absolute Gasteiger partial charge is 0.375 e. The second-order valence-electron chi connectivity index (χ2n) is 4.32. The summed E-state index contributed by atoms with van der Waals surface area (Å²) in [7, 11) is 0. The SMILES string of the molecule is O=C(CNc1ccc(Br)cc1Br)NN=Cc1ccc(Cl)cc1. The number of rotatable bonds is 5. The predicted octanol–water partition coefficient (Wildman–Crippen LogP) is 4.43. The first-order chi connectivity index (χ1) is 10.5. The number of nitrogens with one attached hydrogen (secondary N) is 2. The fourth-order valence-corrected chi connectivity index (χ4v) is 2.89. The number of hydrogen-bond donors (Lipinski definition) is 2. The van der Waals surface area contributed by atoms with Gasteiger partial charge in [0.05, 0.1) is 12.8 Å². The van der Waals surface area contributed by atoms with Crippen molar-refractivity contribution >= 4 is 61.3 Å². The Bertz CT molecular complexity index is 690. The Kier molecular flexibility index (Phi) is 6.42. The van der Waals surface area contributed by atoms with Gasteiger partial charge in [-0.1, -0.05) is 39.7 Å². The summed E-state index contributed by atoms with van der Waals surface area (Å²) in [5.74, 6) is -0.236. The van der Waals surface area contributed by atoms with Crippen LogP contribution in [0.25, 0.3) is 0 Å². The van der Waals surface area contributed by atoms with Gasteiger partial charge in [-0.25, -0.2) is 5.43 Å². The van der Waals surface area contributed by atoms with Crippen LogP contribution in [0.5, 0.6) is 0 Å². The minimum Gasteiger partial charge on any atom is -0.375 e. The Hall–Kier alpha value is -1.37. The van der Waals surface area contributed by atoms with Crippen molar-refractivity contribution < 1.29 is 4.79 Å². The molecule has 0 spiro atoms. The number of amides is 1. The molecule has 114 valence electrons. The molecule has 0 bridgehead atoms. The summed E-state index contributed by atoms with van der Waals surface area (Å²) < 4.78 is 1.83. The maximum Gasteiger partial charge on any atom is 0.259 e. The molecule has 0 saturated heterocycles. The fraction of sp³-hybridized carbons (Fsp3) is 0.0667. The Balaban J connectivity index is 1.81. The first-order valence-corrected chi connectivity index (χ1v) is 8.27. The molecule has 2 N–H and O–H groups in total. The van der Waals surface area contributed by atoms with E-state index in [0.717, 1.165) is 20.2 Å². The molecular formula is C15H12Br2ClN3O. The zero-order valence-corrected chi connectivity index (χ0v) is 15.2. The van der Waals surface area contributed by atoms with Crippen LogP contribution in [-0.4, -0.2) is 18.7 Å². The summed E-state index contributed by atoms with van der Waals surface area (Å²) in [5.41, 5.74) is 4.15. The molecule has 0 aliphatic rings. The average molecular weight is 446 g/mol. The highest BCUT2D eigenvalue weighted by Gasteiger charge is 2.03. The van der Waals surface area contributed by atoms with Gasteiger partial charge in [0.15, 0.2) is 0 Å². The molecule has 2 aromatic carbocycles. The Labute approximate surface area is 150 Å². The lowest BCUT2D eigenvalue weighted by Crippen LogP contribution is -2.26. The summed E-state index contributed by atoms with van der Waals surface area (Å²) in [6, 6.07) is 12.8. The zero-order chi connectivity index (χ0) is 15.9. The van der Waals surface area contributed by atoms with Crippen molar-refractivity contribution in [1.29, 1.82) is 0 Å². The molecule has 0 saturated carbocycles. The van der Waals surface area contributed by atoms with Gasteiger partial charge in [0.25, 0.3) is 5.91 Å². The number of nitrogens with zero attached hydrogens (tertiary/aromatic N) is 1. The quantitative estimate of drug-likeness (QED) is 0.529. The Morgan fingerprint density at radius 1 is 1.18 bits per heavy atom. The number of carbonyl (C=O) groups excluding carboxylic acids is 1. The van der Waals surface area contributed by atoms with Gasteiger partial charge in [0, 0.05) is 19.7 Å². The molecule has 0 unspecified atom stereocenters. The molecule has 0 aromatic heterocycles. The van der Waals surface area contributed by atoms with E-state index in [2.05, 4.69) is 47.7 Å². The van der Waals surface area contributed by atoms with E-state index in [4.69, 9.17) is 11.6 Å². The lowest BCUT2D eigenvalue weighted by molar-refractivity contribution is -0.119. The average Bonchev–Trinajstić information content (AvgIpc) is 2.48. The molecule has 0 fully saturated rings. The smallest absolute Gasteiger partial charge is 0.259 e. The summed E-state index contributed by atoms with van der Waals surface area (Å²) in [4.78, 5) is 11.7. The van der Waals surface area contributed by atoms with Crippen LogP contribution in [0.4, 0.5) is 5.69 Å². The summed E-state index contributed by atoms with van der Waals surface area (Å²) >= 11 is 12.6. The van der Waals surface area contributed by atoms with Crippen LogP contribution in [0.15, 0.2) is 56.5 Å². The van der Waals surface area contributed by atoms with E-state index < -0.39 is 0 Å². The molecule has 0 aliphatic heterocycles. The first kappa shape index (κ1) is 17.0. The van der Waals surface area contributed by atoms with Crippen molar-refractivity contribution in [3.05, 3.63) is 62.0 Å². The highest BCUT2D eigenvalue weighted by molar-refractivity contribution is 9.11. The number of benzene rings is 2. The number of anilines is 1. The Morgan fingerprint density at radius 3 is 2.59 bits per heavy atom. The summed E-state index contributed by atoms with van der Waals surface area (Å²) in [5, 5.41) is 7.58. The van der Waals surface area contributed by atoms with Gasteiger partial charge in [-0.15, -0.1) is 0 Å². The lowest BCUT2D eigenvalue weighted by Gasteiger charge is -2.07. The van der Waals surface area contributed by atoms with Gasteiger partial charge < -0.3 is 5.32 Å². The van der Waals surface area contributed by atoms with Crippen molar-refractivity contribution in [3.8, 4) is 0 Å². The van der Waals surface area contributed by atoms with Gasteiger partial charge in [-0.05, 0) is 51.8 Å². The molecule has 4 nitrogen and oxygen atoms in total. The number of hydrogen-bond acceptors (Lipinski definition) is 3. The normalized spacial score (nSPS) is 10.7. The molecule has 0 aliphatic carbocycles. The van der Waals surface area contributed by atoms with Crippen molar-refractivity contribution in [2.24, 2.45) is 5.10 Å². The van der Waals surface area contributed by atoms with Crippen molar-refractivity contribution in [2.75, 3.05) is 11.9 Å². The second kappa shape index (κ2) is 8.31. The highest BCUT2D eigenvalue weighted by Crippen LogP contribution is 2.25. The van der Waals surface area contributed by atoms with Crippen LogP contribution in [0.2, 0.25) is 5.02 Å². The fourth-order valence-electron chi connectivity index (χ4n) is 1.58. The minimum absolute atomic E-state index is 0.123. The monoisotopic (exact) mass is 443 g/mol. The summed E-state index contributed by atoms with van der Waals surface area (Å²) in [6.07, 6.45) is 1.56. The van der Waals surface area contributed by atoms with Gasteiger partial charge in [-0.2, -0.15) is 5.10 Å². The molecule has 2 rings (SSSR count). The van der Waals surface area contributed by atoms with E-state index >= 15 is 0 Å². The van der Waals surface area contributed by atoms with Crippen molar-refractivity contribution in [1.82, 2.24) is 5.43 Å². The van der Waals surface area contributed by atoms with Crippen LogP contribution in [0.1, 0.15) is 5.56 Å². The molecular weight excluding hydrogens is 433 g/mol. The molecule has 0 radical (unpaired) electrons. The van der Waals surface area contributed by atoms with Crippen molar-refractivity contribution in [3.63, 3.8) is 0 Å². The summed E-state index contributed by atoms with van der Waals surface area (Å²) in [6.45, 7) is 0.123. The maximum absolute atomic E-state index is 11.7. The van der Waals surface area contributed by atoms with E-state index in [0.29, 0.717) is 5.02 Å². The van der Waals surface area contributed by atoms with Crippen LogP contribution in [-0.2, 0) is 4.79 Å². The van der Waals surface area contributed by atoms with E-state index in [9.17, 15) is 4.79 Å². The second-order valence-corrected chi connectivity index (χ2v) is 6.53. The third-order valence-corrected chi connectivity index (χ3v) is 4.04. The minimum atomic E-state index is -0.236. The number of hydrazone groups is 1. The van der Waals surface area contributed by atoms with E-state index in [1.54, 1.807) is 18.3 Å². The van der Waals surface area contributed by atoms with Gasteiger partial charge in [0.2, 0.25) is 0 Å². The highest BCUT2D eigenvalue weighted by atomic mass is 79.9. The van der Waals surface area contributed by atoms with Crippen LogP contribution >= 0.6 is 43.5 Å². The molecule has 1 amide bonds. The van der Waals surface area contributed by atoms with Gasteiger partial charge in [0.1, 0.15) is 0 Å². The van der Waals surface area contributed by atoms with Crippen molar-refractivity contribution in [2.45, 2.75) is 0 Å². The van der Waals surface area contributed by atoms with E-state index in [1.165, 1.54) is 0 Å². The van der Waals surface area contributed by atoms with Crippen LogP contribution in [0.3, 0.4) is 0 Å². The van der Waals surface area contributed by atoms with Gasteiger partial charge >= 0.3 is 0 Å². The van der Waals surface area contributed by atoms with E-state index in [-0.39, 0.29) is 12.5 Å². The predicted molar refractivity (Wildman–Crippen MR) is 97.5 cm³/mol. The lowest BCUT2D eigenvalue weighted by atomic mass is 10.2. The maximum atomic E-state index is 11.7. The van der Waals surface area contributed by atoms with Gasteiger partial charge in [-0.3, -0.25) is 4.79 Å². The molecule has 22 heavy (non-hydrogen) atoms. The molecule has 7 heteroatoms. The third kappa shape index (κ3) is 5.44. The van der Waals surface area contributed by atoms with Crippen LogP contribution in [0, 0.1) is 0 Å². The topological polar surface area (TPSA) is 53.5 Å². The number of halogens is 3.